The molecule has 3 heterocycles. The largest absolute Gasteiger partial charge is 0.468 e. The number of hydrogen-bond donors (Lipinski definition) is 1. The Bertz CT molecular complexity index is 302. The van der Waals surface area contributed by atoms with E-state index in [4.69, 9.17) is 9.47 Å². The molecule has 2 saturated heterocycles. The lowest BCUT2D eigenvalue weighted by Crippen LogP contribution is -2.40. The Morgan fingerprint density at radius 2 is 2.29 bits per heavy atom. The molecular formula is C10H13NO3. The zero-order valence-electron chi connectivity index (χ0n) is 7.97. The third kappa shape index (κ3) is 0.925. The SMILES string of the molecule is COC(=O)C1NCC2C3C=CC(O3)C12. The minimum absolute atomic E-state index is 0.115. The molecule has 0 saturated carbocycles. The summed E-state index contributed by atoms with van der Waals surface area (Å²) in [5.41, 5.74) is 0. The van der Waals surface area contributed by atoms with Gasteiger partial charge in [-0.1, -0.05) is 12.2 Å². The van der Waals surface area contributed by atoms with Crippen molar-refractivity contribution in [1.29, 1.82) is 0 Å². The predicted octanol–water partition coefficient (Wildman–Crippen LogP) is -0.299. The van der Waals surface area contributed by atoms with E-state index in [1.807, 2.05) is 0 Å². The summed E-state index contributed by atoms with van der Waals surface area (Å²) < 4.78 is 10.5. The Hall–Kier alpha value is -0.870. The fourth-order valence-corrected chi connectivity index (χ4v) is 2.87. The van der Waals surface area contributed by atoms with E-state index >= 15 is 0 Å². The number of methoxy groups -OCH3 is 1. The fraction of sp³-hybridized carbons (Fsp3) is 0.700. The van der Waals surface area contributed by atoms with E-state index in [2.05, 4.69) is 17.5 Å². The van der Waals surface area contributed by atoms with Crippen molar-refractivity contribution < 1.29 is 14.3 Å². The summed E-state index contributed by atoms with van der Waals surface area (Å²) in [5, 5.41) is 3.22. The number of rotatable bonds is 1. The first-order valence-electron chi connectivity index (χ1n) is 4.96. The van der Waals surface area contributed by atoms with E-state index in [-0.39, 0.29) is 30.1 Å². The second-order valence-corrected chi connectivity index (χ2v) is 4.10. The maximum atomic E-state index is 11.5. The third-order valence-corrected chi connectivity index (χ3v) is 3.51. The van der Waals surface area contributed by atoms with Crippen LogP contribution in [0.5, 0.6) is 0 Å². The van der Waals surface area contributed by atoms with E-state index in [0.29, 0.717) is 5.92 Å². The molecule has 0 aromatic rings. The Morgan fingerprint density at radius 1 is 1.50 bits per heavy atom. The quantitative estimate of drug-likeness (QED) is 0.461. The van der Waals surface area contributed by atoms with E-state index in [1.165, 1.54) is 7.11 Å². The Kier molecular flexibility index (Phi) is 1.69. The lowest BCUT2D eigenvalue weighted by Gasteiger charge is -2.20. The first-order valence-corrected chi connectivity index (χ1v) is 4.96. The number of nitrogens with one attached hydrogen (secondary N) is 1. The minimum atomic E-state index is -0.176. The van der Waals surface area contributed by atoms with Gasteiger partial charge in [0, 0.05) is 18.4 Å². The lowest BCUT2D eigenvalue weighted by atomic mass is 9.82. The molecule has 3 rings (SSSR count). The van der Waals surface area contributed by atoms with Crippen molar-refractivity contribution >= 4 is 5.97 Å². The van der Waals surface area contributed by atoms with Crippen LogP contribution in [0.2, 0.25) is 0 Å². The molecule has 0 aromatic carbocycles. The molecule has 0 radical (unpaired) electrons. The van der Waals surface area contributed by atoms with Crippen molar-refractivity contribution in [2.24, 2.45) is 11.8 Å². The summed E-state index contributed by atoms with van der Waals surface area (Å²) in [6, 6.07) is -0.176. The van der Waals surface area contributed by atoms with E-state index < -0.39 is 0 Å². The maximum Gasteiger partial charge on any atom is 0.323 e. The van der Waals surface area contributed by atoms with Gasteiger partial charge in [0.1, 0.15) is 6.04 Å². The second kappa shape index (κ2) is 2.81. The smallest absolute Gasteiger partial charge is 0.323 e. The molecule has 2 bridgehead atoms. The van der Waals surface area contributed by atoms with Crippen molar-refractivity contribution in [3.8, 4) is 0 Å². The molecule has 2 fully saturated rings. The van der Waals surface area contributed by atoms with Gasteiger partial charge in [-0.3, -0.25) is 4.79 Å². The topological polar surface area (TPSA) is 47.6 Å². The monoisotopic (exact) mass is 195 g/mol. The van der Waals surface area contributed by atoms with Gasteiger partial charge in [0.2, 0.25) is 0 Å². The van der Waals surface area contributed by atoms with Gasteiger partial charge in [-0.2, -0.15) is 0 Å². The average Bonchev–Trinajstić information content (AvgIpc) is 2.87. The predicted molar refractivity (Wildman–Crippen MR) is 48.6 cm³/mol. The van der Waals surface area contributed by atoms with Gasteiger partial charge in [0.25, 0.3) is 0 Å². The maximum absolute atomic E-state index is 11.5. The molecule has 4 heteroatoms. The zero-order valence-corrected chi connectivity index (χ0v) is 7.97. The number of hydrogen-bond acceptors (Lipinski definition) is 4. The molecule has 3 aliphatic heterocycles. The molecule has 5 unspecified atom stereocenters. The van der Waals surface area contributed by atoms with Gasteiger partial charge in [0.05, 0.1) is 19.3 Å². The zero-order chi connectivity index (χ0) is 9.71. The van der Waals surface area contributed by atoms with Gasteiger partial charge < -0.3 is 14.8 Å². The number of fused-ring (bicyclic) bond motifs is 5. The minimum Gasteiger partial charge on any atom is -0.468 e. The summed E-state index contributed by atoms with van der Waals surface area (Å²) in [6.45, 7) is 0.857. The molecule has 4 nitrogen and oxygen atoms in total. The van der Waals surface area contributed by atoms with Crippen molar-refractivity contribution in [3.63, 3.8) is 0 Å². The highest BCUT2D eigenvalue weighted by Gasteiger charge is 2.54. The highest BCUT2D eigenvalue weighted by atomic mass is 16.5. The first kappa shape index (κ1) is 8.44. The van der Waals surface area contributed by atoms with E-state index in [9.17, 15) is 4.79 Å². The van der Waals surface area contributed by atoms with Gasteiger partial charge in [-0.15, -0.1) is 0 Å². The average molecular weight is 195 g/mol. The Morgan fingerprint density at radius 3 is 3.07 bits per heavy atom. The number of esters is 1. The molecular weight excluding hydrogens is 182 g/mol. The summed E-state index contributed by atoms with van der Waals surface area (Å²) in [5.74, 6) is 0.564. The standard InChI is InChI=1S/C10H13NO3/c1-13-10(12)9-8-5(4-11-9)6-2-3-7(8)14-6/h2-3,5-9,11H,4H2,1H3. The fourth-order valence-electron chi connectivity index (χ4n) is 2.87. The molecule has 0 amide bonds. The van der Waals surface area contributed by atoms with Gasteiger partial charge >= 0.3 is 5.97 Å². The van der Waals surface area contributed by atoms with Crippen LogP contribution >= 0.6 is 0 Å². The molecule has 3 aliphatic rings. The molecule has 0 spiro atoms. The van der Waals surface area contributed by atoms with Crippen LogP contribution in [0.15, 0.2) is 12.2 Å². The van der Waals surface area contributed by atoms with Crippen molar-refractivity contribution in [1.82, 2.24) is 5.32 Å². The Labute approximate surface area is 82.3 Å². The van der Waals surface area contributed by atoms with Crippen LogP contribution in [0, 0.1) is 11.8 Å². The molecule has 5 atom stereocenters. The van der Waals surface area contributed by atoms with Crippen LogP contribution in [0.25, 0.3) is 0 Å². The third-order valence-electron chi connectivity index (χ3n) is 3.51. The summed E-state index contributed by atoms with van der Waals surface area (Å²) in [7, 11) is 1.43. The number of carbonyl (C=O) groups excluding carboxylic acids is 1. The van der Waals surface area contributed by atoms with Crippen LogP contribution in [0.3, 0.4) is 0 Å². The molecule has 1 N–H and O–H groups in total. The van der Waals surface area contributed by atoms with Crippen molar-refractivity contribution in [3.05, 3.63) is 12.2 Å². The lowest BCUT2D eigenvalue weighted by molar-refractivity contribution is -0.144. The van der Waals surface area contributed by atoms with Crippen LogP contribution in [0.1, 0.15) is 0 Å². The summed E-state index contributed by atoms with van der Waals surface area (Å²) in [6.07, 6.45) is 4.50. The molecule has 0 aliphatic carbocycles. The first-order chi connectivity index (χ1) is 6.81. The second-order valence-electron chi connectivity index (χ2n) is 4.10. The van der Waals surface area contributed by atoms with Gasteiger partial charge in [-0.05, 0) is 0 Å². The molecule has 14 heavy (non-hydrogen) atoms. The summed E-state index contributed by atoms with van der Waals surface area (Å²) >= 11 is 0. The highest BCUT2D eigenvalue weighted by Crippen LogP contribution is 2.43. The van der Waals surface area contributed by atoms with E-state index in [1.54, 1.807) is 0 Å². The van der Waals surface area contributed by atoms with Crippen LogP contribution in [-0.4, -0.2) is 37.9 Å². The molecule has 76 valence electrons. The summed E-state index contributed by atoms with van der Waals surface area (Å²) in [4.78, 5) is 11.5. The normalized spacial score (nSPS) is 48.2. The number of carbonyl (C=O) groups is 1. The van der Waals surface area contributed by atoms with Crippen LogP contribution in [-0.2, 0) is 14.3 Å². The van der Waals surface area contributed by atoms with Crippen LogP contribution in [0.4, 0.5) is 0 Å². The molecule has 0 aromatic heterocycles. The van der Waals surface area contributed by atoms with Crippen molar-refractivity contribution in [2.75, 3.05) is 13.7 Å². The highest BCUT2D eigenvalue weighted by molar-refractivity contribution is 5.77. The van der Waals surface area contributed by atoms with Gasteiger partial charge in [0.15, 0.2) is 0 Å². The number of ether oxygens (including phenoxy) is 2. The van der Waals surface area contributed by atoms with E-state index in [0.717, 1.165) is 6.54 Å². The Balaban J connectivity index is 1.85. The van der Waals surface area contributed by atoms with Gasteiger partial charge in [-0.25, -0.2) is 0 Å². The van der Waals surface area contributed by atoms with Crippen molar-refractivity contribution in [2.45, 2.75) is 18.2 Å². The van der Waals surface area contributed by atoms with Crippen LogP contribution < -0.4 is 5.32 Å².